The van der Waals surface area contributed by atoms with Gasteiger partial charge in [-0.3, -0.25) is 5.10 Å². The molecule has 2 atom stereocenters. The normalized spacial score (nSPS) is 22.2. The average Bonchev–Trinajstić information content (AvgIpc) is 3.13. The predicted octanol–water partition coefficient (Wildman–Crippen LogP) is 1.21. The molecule has 152 valence electrons. The molecule has 0 unspecified atom stereocenters. The van der Waals surface area contributed by atoms with E-state index in [2.05, 4.69) is 30.4 Å². The molecule has 2 aliphatic rings. The van der Waals surface area contributed by atoms with Gasteiger partial charge in [0.05, 0.1) is 37.2 Å². The Balaban J connectivity index is 1.89. The SMILES string of the molecule is C[C@@H]1COC[C@H]2COc3c(nc(Nc4cn[nH]c4)nc3C(C)(C)S(C)(=O)=O)N21. The molecule has 0 amide bonds. The minimum Gasteiger partial charge on any atom is -0.486 e. The predicted molar refractivity (Wildman–Crippen MR) is 104 cm³/mol. The van der Waals surface area contributed by atoms with Crippen LogP contribution in [-0.2, 0) is 19.3 Å². The van der Waals surface area contributed by atoms with Crippen molar-refractivity contribution in [1.29, 1.82) is 0 Å². The summed E-state index contributed by atoms with van der Waals surface area (Å²) in [4.78, 5) is 11.3. The molecule has 28 heavy (non-hydrogen) atoms. The van der Waals surface area contributed by atoms with Gasteiger partial charge in [0.2, 0.25) is 5.95 Å². The Morgan fingerprint density at radius 3 is 2.75 bits per heavy atom. The Morgan fingerprint density at radius 1 is 1.29 bits per heavy atom. The third-order valence-corrected chi connectivity index (χ3v) is 7.35. The van der Waals surface area contributed by atoms with Crippen molar-refractivity contribution in [2.45, 2.75) is 37.6 Å². The summed E-state index contributed by atoms with van der Waals surface area (Å²) in [6.45, 7) is 6.80. The smallest absolute Gasteiger partial charge is 0.229 e. The summed E-state index contributed by atoms with van der Waals surface area (Å²) < 4.78 is 35.4. The van der Waals surface area contributed by atoms with Crippen LogP contribution in [0.1, 0.15) is 26.5 Å². The van der Waals surface area contributed by atoms with Crippen molar-refractivity contribution in [2.24, 2.45) is 0 Å². The lowest BCUT2D eigenvalue weighted by atomic mass is 10.0. The average molecular weight is 408 g/mol. The zero-order valence-electron chi connectivity index (χ0n) is 16.3. The molecule has 0 radical (unpaired) electrons. The second kappa shape index (κ2) is 6.59. The first-order chi connectivity index (χ1) is 13.2. The van der Waals surface area contributed by atoms with Crippen LogP contribution < -0.4 is 15.0 Å². The summed E-state index contributed by atoms with van der Waals surface area (Å²) in [6.07, 6.45) is 4.47. The van der Waals surface area contributed by atoms with E-state index in [4.69, 9.17) is 9.47 Å². The van der Waals surface area contributed by atoms with Crippen molar-refractivity contribution in [3.8, 4) is 5.75 Å². The van der Waals surface area contributed by atoms with Gasteiger partial charge in [0.1, 0.15) is 17.0 Å². The maximum absolute atomic E-state index is 12.5. The van der Waals surface area contributed by atoms with E-state index >= 15 is 0 Å². The van der Waals surface area contributed by atoms with Gasteiger partial charge < -0.3 is 19.7 Å². The number of ether oxygens (including phenoxy) is 2. The molecule has 1 saturated heterocycles. The number of nitrogens with one attached hydrogen (secondary N) is 2. The number of nitrogens with zero attached hydrogens (tertiary/aromatic N) is 4. The molecule has 4 heterocycles. The minimum atomic E-state index is -3.47. The number of hydrogen-bond acceptors (Lipinski definition) is 9. The fourth-order valence-corrected chi connectivity index (χ4v) is 3.91. The van der Waals surface area contributed by atoms with Gasteiger partial charge in [-0.25, -0.2) is 13.4 Å². The van der Waals surface area contributed by atoms with Gasteiger partial charge in [-0.15, -0.1) is 0 Å². The van der Waals surface area contributed by atoms with Crippen LogP contribution in [0, 0.1) is 0 Å². The van der Waals surface area contributed by atoms with E-state index in [9.17, 15) is 8.42 Å². The van der Waals surface area contributed by atoms with Crippen molar-refractivity contribution in [3.63, 3.8) is 0 Å². The second-order valence-electron chi connectivity index (χ2n) is 7.70. The molecule has 2 aromatic rings. The number of aromatic amines is 1. The molecular formula is C17H24N6O4S. The highest BCUT2D eigenvalue weighted by molar-refractivity contribution is 7.91. The van der Waals surface area contributed by atoms with Crippen LogP contribution in [0.2, 0.25) is 0 Å². The summed E-state index contributed by atoms with van der Waals surface area (Å²) >= 11 is 0. The molecule has 0 saturated carbocycles. The van der Waals surface area contributed by atoms with E-state index in [1.54, 1.807) is 26.2 Å². The van der Waals surface area contributed by atoms with Crippen molar-refractivity contribution in [2.75, 3.05) is 36.3 Å². The highest BCUT2D eigenvalue weighted by Gasteiger charge is 2.43. The standard InChI is InChI=1S/C17H24N6O4S/c1-10-7-26-8-12-9-27-13-14(17(2,3)28(4,24)25)21-16(22-15(13)23(10)12)20-11-5-18-19-6-11/h5-6,10,12H,7-9H2,1-4H3,(H,18,19)(H,20,21,22)/t10-,12+/m1/s1. The van der Waals surface area contributed by atoms with Crippen LogP contribution in [0.3, 0.4) is 0 Å². The molecule has 2 aliphatic heterocycles. The van der Waals surface area contributed by atoms with E-state index in [0.29, 0.717) is 42.8 Å². The molecule has 4 rings (SSSR count). The fraction of sp³-hybridized carbons (Fsp3) is 0.588. The first kappa shape index (κ1) is 18.9. The first-order valence-corrected chi connectivity index (χ1v) is 10.9. The van der Waals surface area contributed by atoms with Crippen LogP contribution >= 0.6 is 0 Å². The highest BCUT2D eigenvalue weighted by atomic mass is 32.2. The molecule has 10 nitrogen and oxygen atoms in total. The molecule has 0 bridgehead atoms. The molecule has 1 fully saturated rings. The van der Waals surface area contributed by atoms with Gasteiger partial charge >= 0.3 is 0 Å². The zero-order valence-corrected chi connectivity index (χ0v) is 17.1. The summed E-state index contributed by atoms with van der Waals surface area (Å²) in [5.41, 5.74) is 1.01. The quantitative estimate of drug-likeness (QED) is 0.768. The highest BCUT2D eigenvalue weighted by Crippen LogP contribution is 2.44. The fourth-order valence-electron chi connectivity index (χ4n) is 3.42. The number of morpholine rings is 1. The van der Waals surface area contributed by atoms with Gasteiger partial charge in [0.25, 0.3) is 0 Å². The Hall–Kier alpha value is -2.40. The molecule has 0 spiro atoms. The Morgan fingerprint density at radius 2 is 2.07 bits per heavy atom. The van der Waals surface area contributed by atoms with Crippen LogP contribution in [0.25, 0.3) is 0 Å². The minimum absolute atomic E-state index is 0.0159. The topological polar surface area (TPSA) is 122 Å². The third-order valence-electron chi connectivity index (χ3n) is 5.30. The van der Waals surface area contributed by atoms with Crippen LogP contribution in [0.15, 0.2) is 12.4 Å². The largest absolute Gasteiger partial charge is 0.486 e. The van der Waals surface area contributed by atoms with Crippen molar-refractivity contribution in [1.82, 2.24) is 20.2 Å². The monoisotopic (exact) mass is 408 g/mol. The van der Waals surface area contributed by atoms with Crippen molar-refractivity contribution in [3.05, 3.63) is 18.1 Å². The zero-order chi connectivity index (χ0) is 20.1. The van der Waals surface area contributed by atoms with E-state index in [-0.39, 0.29) is 18.0 Å². The third kappa shape index (κ3) is 3.08. The molecular weight excluding hydrogens is 384 g/mol. The lowest BCUT2D eigenvalue weighted by Crippen LogP contribution is -2.56. The molecule has 2 N–H and O–H groups in total. The van der Waals surface area contributed by atoms with Gasteiger partial charge in [-0.1, -0.05) is 0 Å². The number of sulfone groups is 1. The number of hydrogen-bond donors (Lipinski definition) is 2. The lowest BCUT2D eigenvalue weighted by molar-refractivity contribution is 0.0482. The molecule has 2 aromatic heterocycles. The van der Waals surface area contributed by atoms with Crippen molar-refractivity contribution < 1.29 is 17.9 Å². The molecule has 11 heteroatoms. The summed E-state index contributed by atoms with van der Waals surface area (Å²) in [5, 5.41) is 9.71. The van der Waals surface area contributed by atoms with E-state index in [1.165, 1.54) is 6.26 Å². The summed E-state index contributed by atoms with van der Waals surface area (Å²) in [6, 6.07) is 0.0920. The maximum atomic E-state index is 12.5. The van der Waals surface area contributed by atoms with Crippen molar-refractivity contribution >= 4 is 27.3 Å². The molecule has 0 aliphatic carbocycles. The Kier molecular flexibility index (Phi) is 4.46. The van der Waals surface area contributed by atoms with Gasteiger partial charge in [-0.05, 0) is 20.8 Å². The van der Waals surface area contributed by atoms with Crippen LogP contribution in [0.4, 0.5) is 17.5 Å². The van der Waals surface area contributed by atoms with E-state index < -0.39 is 14.6 Å². The maximum Gasteiger partial charge on any atom is 0.229 e. The van der Waals surface area contributed by atoms with Gasteiger partial charge in [0.15, 0.2) is 21.4 Å². The molecule has 0 aromatic carbocycles. The second-order valence-corrected chi connectivity index (χ2v) is 10.3. The first-order valence-electron chi connectivity index (χ1n) is 9.05. The Labute approximate surface area is 163 Å². The number of fused-ring (bicyclic) bond motifs is 3. The lowest BCUT2D eigenvalue weighted by Gasteiger charge is -2.45. The van der Waals surface area contributed by atoms with E-state index in [0.717, 1.165) is 0 Å². The number of H-pyrrole nitrogens is 1. The number of anilines is 3. The number of aromatic nitrogens is 4. The van der Waals surface area contributed by atoms with Gasteiger partial charge in [0, 0.05) is 12.5 Å². The number of rotatable bonds is 4. The van der Waals surface area contributed by atoms with Crippen LogP contribution in [-0.4, -0.2) is 66.7 Å². The van der Waals surface area contributed by atoms with Gasteiger partial charge in [-0.2, -0.15) is 10.1 Å². The summed E-state index contributed by atoms with van der Waals surface area (Å²) in [7, 11) is -3.47. The Bertz CT molecular complexity index is 976. The van der Waals surface area contributed by atoms with Crippen LogP contribution in [0.5, 0.6) is 5.75 Å². The summed E-state index contributed by atoms with van der Waals surface area (Å²) in [5.74, 6) is 1.28. The van der Waals surface area contributed by atoms with E-state index in [1.807, 2.05) is 6.92 Å².